The molecule has 1 heterocycles. The van der Waals surface area contributed by atoms with Gasteiger partial charge < -0.3 is 4.74 Å². The van der Waals surface area contributed by atoms with E-state index in [0.29, 0.717) is 16.4 Å². The van der Waals surface area contributed by atoms with Gasteiger partial charge in [-0.2, -0.15) is 0 Å². The maximum Gasteiger partial charge on any atom is 0.148 e. The Morgan fingerprint density at radius 2 is 2.33 bits per heavy atom. The predicted molar refractivity (Wildman–Crippen MR) is 62.6 cm³/mol. The minimum absolute atomic E-state index is 0.539. The number of ether oxygens (including phenoxy) is 1. The van der Waals surface area contributed by atoms with Gasteiger partial charge in [0.25, 0.3) is 0 Å². The smallest absolute Gasteiger partial charge is 0.148 e. The minimum atomic E-state index is 0.539. The van der Waals surface area contributed by atoms with Gasteiger partial charge in [-0.15, -0.1) is 11.8 Å². The van der Waals surface area contributed by atoms with Crippen molar-refractivity contribution in [2.45, 2.75) is 4.90 Å². The number of carbonyl (C=O) groups excluding carboxylic acids is 1. The van der Waals surface area contributed by atoms with Crippen molar-refractivity contribution in [3.05, 3.63) is 29.3 Å². The number of fused-ring (bicyclic) bond motifs is 1. The van der Waals surface area contributed by atoms with E-state index < -0.39 is 0 Å². The molecule has 1 aromatic carbocycles. The normalized spacial score (nSPS) is 14.8. The first-order chi connectivity index (χ1) is 7.27. The average molecular weight is 241 g/mol. The number of aldehydes is 1. The minimum Gasteiger partial charge on any atom is -0.496 e. The predicted octanol–water partition coefficient (Wildman–Crippen LogP) is 2.95. The molecule has 0 aromatic heterocycles. The van der Waals surface area contributed by atoms with Gasteiger partial charge in [0.2, 0.25) is 0 Å². The third kappa shape index (κ3) is 1.77. The molecule has 1 aromatic rings. The number of benzene rings is 1. The largest absolute Gasteiger partial charge is 0.496 e. The zero-order valence-corrected chi connectivity index (χ0v) is 9.69. The van der Waals surface area contributed by atoms with E-state index in [4.69, 9.17) is 16.3 Å². The van der Waals surface area contributed by atoms with E-state index in [0.717, 1.165) is 22.5 Å². The first-order valence-corrected chi connectivity index (χ1v) is 5.78. The van der Waals surface area contributed by atoms with Crippen LogP contribution in [0.15, 0.2) is 28.7 Å². The van der Waals surface area contributed by atoms with Crippen molar-refractivity contribution in [2.24, 2.45) is 0 Å². The van der Waals surface area contributed by atoms with Gasteiger partial charge in [-0.05, 0) is 6.07 Å². The van der Waals surface area contributed by atoms with Crippen LogP contribution in [0.25, 0.3) is 5.03 Å². The van der Waals surface area contributed by atoms with Crippen molar-refractivity contribution >= 4 is 34.7 Å². The lowest BCUT2D eigenvalue weighted by Crippen LogP contribution is -2.02. The molecule has 0 atom stereocenters. The highest BCUT2D eigenvalue weighted by Crippen LogP contribution is 2.43. The van der Waals surface area contributed by atoms with Crippen molar-refractivity contribution in [1.29, 1.82) is 0 Å². The van der Waals surface area contributed by atoms with Gasteiger partial charge in [-0.1, -0.05) is 23.7 Å². The van der Waals surface area contributed by atoms with Crippen molar-refractivity contribution in [3.63, 3.8) is 0 Å². The molecule has 15 heavy (non-hydrogen) atoms. The number of hydrogen-bond acceptors (Lipinski definition) is 3. The van der Waals surface area contributed by atoms with Crippen molar-refractivity contribution in [2.75, 3.05) is 12.9 Å². The molecular formula is C11H9ClO2S. The molecule has 0 bridgehead atoms. The molecule has 1 aliphatic rings. The Morgan fingerprint density at radius 3 is 3.00 bits per heavy atom. The molecule has 2 nitrogen and oxygen atoms in total. The topological polar surface area (TPSA) is 26.3 Å². The molecule has 0 spiro atoms. The quantitative estimate of drug-likeness (QED) is 0.744. The van der Waals surface area contributed by atoms with Crippen molar-refractivity contribution in [3.8, 4) is 5.75 Å². The van der Waals surface area contributed by atoms with Crippen LogP contribution < -0.4 is 4.74 Å². The molecule has 0 fully saturated rings. The molecule has 2 rings (SSSR count). The van der Waals surface area contributed by atoms with Gasteiger partial charge in [-0.3, -0.25) is 4.79 Å². The Kier molecular flexibility index (Phi) is 3.03. The lowest BCUT2D eigenvalue weighted by Gasteiger charge is -2.18. The highest BCUT2D eigenvalue weighted by atomic mass is 35.5. The monoisotopic (exact) mass is 240 g/mol. The van der Waals surface area contributed by atoms with Crippen LogP contribution in [0.1, 0.15) is 5.56 Å². The Morgan fingerprint density at radius 1 is 1.53 bits per heavy atom. The van der Waals surface area contributed by atoms with E-state index >= 15 is 0 Å². The fraction of sp³-hybridized carbons (Fsp3) is 0.182. The zero-order valence-electron chi connectivity index (χ0n) is 8.12. The summed E-state index contributed by atoms with van der Waals surface area (Å²) < 4.78 is 5.24. The Hall–Kier alpha value is -0.930. The van der Waals surface area contributed by atoms with E-state index in [-0.39, 0.29) is 0 Å². The van der Waals surface area contributed by atoms with Crippen LogP contribution in [0.5, 0.6) is 5.75 Å². The van der Waals surface area contributed by atoms with Gasteiger partial charge in [0.15, 0.2) is 0 Å². The zero-order chi connectivity index (χ0) is 10.8. The molecular weight excluding hydrogens is 232 g/mol. The summed E-state index contributed by atoms with van der Waals surface area (Å²) in [7, 11) is 1.63. The molecule has 0 saturated heterocycles. The van der Waals surface area contributed by atoms with E-state index in [2.05, 4.69) is 0 Å². The highest BCUT2D eigenvalue weighted by Gasteiger charge is 2.20. The first-order valence-electron chi connectivity index (χ1n) is 4.42. The molecule has 0 radical (unpaired) electrons. The van der Waals surface area contributed by atoms with E-state index in [1.165, 1.54) is 0 Å². The van der Waals surface area contributed by atoms with Crippen molar-refractivity contribution < 1.29 is 9.53 Å². The van der Waals surface area contributed by atoms with E-state index in [1.807, 2.05) is 18.2 Å². The SMILES string of the molecule is COc1cccc2c1SCC(C=O)=C2Cl. The summed E-state index contributed by atoms with van der Waals surface area (Å²) in [6.07, 6.45) is 0.817. The number of thioether (sulfide) groups is 1. The molecule has 1 aliphatic heterocycles. The Labute approximate surface area is 97.3 Å². The summed E-state index contributed by atoms with van der Waals surface area (Å²) in [5, 5.41) is 0.539. The second kappa shape index (κ2) is 4.29. The summed E-state index contributed by atoms with van der Waals surface area (Å²) in [6, 6.07) is 5.66. The van der Waals surface area contributed by atoms with Crippen LogP contribution in [-0.2, 0) is 4.79 Å². The van der Waals surface area contributed by atoms with Crippen LogP contribution >= 0.6 is 23.4 Å². The molecule has 4 heteroatoms. The van der Waals surface area contributed by atoms with Crippen LogP contribution in [0.2, 0.25) is 0 Å². The third-order valence-electron chi connectivity index (χ3n) is 2.23. The van der Waals surface area contributed by atoms with Crippen LogP contribution in [0.3, 0.4) is 0 Å². The lowest BCUT2D eigenvalue weighted by atomic mass is 10.1. The summed E-state index contributed by atoms with van der Waals surface area (Å²) >= 11 is 7.70. The Bertz CT molecular complexity index is 440. The molecule has 0 aliphatic carbocycles. The maximum absolute atomic E-state index is 10.7. The van der Waals surface area contributed by atoms with Crippen LogP contribution in [-0.4, -0.2) is 19.1 Å². The fourth-order valence-electron chi connectivity index (χ4n) is 1.47. The second-order valence-electron chi connectivity index (χ2n) is 3.08. The molecule has 0 unspecified atom stereocenters. The fourth-order valence-corrected chi connectivity index (χ4v) is 3.01. The third-order valence-corrected chi connectivity index (χ3v) is 3.84. The maximum atomic E-state index is 10.7. The standard InChI is InChI=1S/C11H9ClO2S/c1-14-9-4-2-3-8-10(12)7(5-13)6-15-11(8)9/h2-5H,6H2,1H3. The van der Waals surface area contributed by atoms with Crippen LogP contribution in [0, 0.1) is 0 Å². The van der Waals surface area contributed by atoms with Gasteiger partial charge in [0.05, 0.1) is 17.0 Å². The summed E-state index contributed by atoms with van der Waals surface area (Å²) in [5.41, 5.74) is 1.52. The van der Waals surface area contributed by atoms with E-state index in [1.54, 1.807) is 18.9 Å². The van der Waals surface area contributed by atoms with Gasteiger partial charge in [0.1, 0.15) is 12.0 Å². The molecule has 78 valence electrons. The lowest BCUT2D eigenvalue weighted by molar-refractivity contribution is -0.104. The number of methoxy groups -OCH3 is 1. The Balaban J connectivity index is 2.60. The molecule has 0 saturated carbocycles. The average Bonchev–Trinajstić information content (AvgIpc) is 2.29. The summed E-state index contributed by atoms with van der Waals surface area (Å²) in [6.45, 7) is 0. The van der Waals surface area contributed by atoms with E-state index in [9.17, 15) is 4.79 Å². The van der Waals surface area contributed by atoms with Gasteiger partial charge in [-0.25, -0.2) is 0 Å². The van der Waals surface area contributed by atoms with Gasteiger partial charge in [0, 0.05) is 16.9 Å². The molecule has 0 N–H and O–H groups in total. The number of carbonyl (C=O) groups is 1. The highest BCUT2D eigenvalue weighted by molar-refractivity contribution is 7.99. The summed E-state index contributed by atoms with van der Waals surface area (Å²) in [5.74, 6) is 1.41. The first kappa shape index (κ1) is 10.6. The number of hydrogen-bond donors (Lipinski definition) is 0. The number of halogens is 1. The van der Waals surface area contributed by atoms with Crippen molar-refractivity contribution in [1.82, 2.24) is 0 Å². The van der Waals surface area contributed by atoms with Crippen LogP contribution in [0.4, 0.5) is 0 Å². The molecule has 0 amide bonds. The number of rotatable bonds is 2. The van der Waals surface area contributed by atoms with Gasteiger partial charge >= 0.3 is 0 Å². The second-order valence-corrected chi connectivity index (χ2v) is 4.45. The summed E-state index contributed by atoms with van der Waals surface area (Å²) in [4.78, 5) is 11.8.